The third-order valence-corrected chi connectivity index (χ3v) is 4.50. The molecular formula is C17H23NO3. The maximum absolute atomic E-state index is 13.0. The molecule has 3 rings (SSSR count). The summed E-state index contributed by atoms with van der Waals surface area (Å²) >= 11 is 0. The molecule has 1 fully saturated rings. The van der Waals surface area contributed by atoms with E-state index in [0.717, 1.165) is 17.7 Å². The normalized spacial score (nSPS) is 25.8. The van der Waals surface area contributed by atoms with Gasteiger partial charge in [-0.25, -0.2) is 0 Å². The molecule has 0 saturated carbocycles. The number of anilines is 1. The zero-order valence-corrected chi connectivity index (χ0v) is 12.7. The first kappa shape index (κ1) is 14.5. The van der Waals surface area contributed by atoms with Crippen molar-refractivity contribution in [3.63, 3.8) is 0 Å². The number of hydrogen-bond donors (Lipinski definition) is 0. The molecule has 1 saturated heterocycles. The Labute approximate surface area is 126 Å². The fourth-order valence-electron chi connectivity index (χ4n) is 3.28. The van der Waals surface area contributed by atoms with Gasteiger partial charge in [-0.3, -0.25) is 4.79 Å². The van der Waals surface area contributed by atoms with Gasteiger partial charge in [-0.15, -0.1) is 0 Å². The average molecular weight is 289 g/mol. The second kappa shape index (κ2) is 6.16. The maximum atomic E-state index is 13.0. The molecule has 1 aromatic rings. The lowest BCUT2D eigenvalue weighted by molar-refractivity contribution is -0.129. The Balaban J connectivity index is 1.87. The topological polar surface area (TPSA) is 38.8 Å². The van der Waals surface area contributed by atoms with Crippen LogP contribution in [0.1, 0.15) is 25.8 Å². The molecule has 0 unspecified atom stereocenters. The summed E-state index contributed by atoms with van der Waals surface area (Å²) in [5.74, 6) is 0.859. The highest BCUT2D eigenvalue weighted by Gasteiger charge is 2.39. The molecular weight excluding hydrogens is 266 g/mol. The fourth-order valence-corrected chi connectivity index (χ4v) is 3.28. The van der Waals surface area contributed by atoms with Gasteiger partial charge in [0.15, 0.2) is 0 Å². The molecule has 1 amide bonds. The number of fused-ring (bicyclic) bond motifs is 1. The summed E-state index contributed by atoms with van der Waals surface area (Å²) in [5.41, 5.74) is 2.04. The zero-order valence-electron chi connectivity index (χ0n) is 12.7. The summed E-state index contributed by atoms with van der Waals surface area (Å²) in [4.78, 5) is 14.8. The summed E-state index contributed by atoms with van der Waals surface area (Å²) in [6.07, 6.45) is 0.663. The summed E-state index contributed by atoms with van der Waals surface area (Å²) in [6, 6.07) is 7.98. The molecule has 0 bridgehead atoms. The van der Waals surface area contributed by atoms with Crippen LogP contribution in [0.15, 0.2) is 24.3 Å². The molecule has 0 aliphatic carbocycles. The third kappa shape index (κ3) is 2.83. The monoisotopic (exact) mass is 289 g/mol. The number of carbonyl (C=O) groups is 1. The molecule has 0 spiro atoms. The molecule has 2 atom stereocenters. The smallest absolute Gasteiger partial charge is 0.256 e. The Kier molecular flexibility index (Phi) is 4.27. The largest absolute Gasteiger partial charge is 0.375 e. The highest BCUT2D eigenvalue weighted by molar-refractivity contribution is 5.97. The summed E-state index contributed by atoms with van der Waals surface area (Å²) in [5, 5.41) is 0. The van der Waals surface area contributed by atoms with Crippen molar-refractivity contribution in [3.8, 4) is 0 Å². The highest BCUT2D eigenvalue weighted by atomic mass is 16.5. The molecule has 0 aromatic heterocycles. The van der Waals surface area contributed by atoms with Gasteiger partial charge in [0.05, 0.1) is 13.2 Å². The molecule has 2 aliphatic rings. The number of para-hydroxylation sites is 1. The van der Waals surface area contributed by atoms with E-state index in [0.29, 0.717) is 38.2 Å². The van der Waals surface area contributed by atoms with E-state index in [-0.39, 0.29) is 12.0 Å². The lowest BCUT2D eigenvalue weighted by Gasteiger charge is -2.28. The Morgan fingerprint density at radius 1 is 1.29 bits per heavy atom. The van der Waals surface area contributed by atoms with E-state index in [1.807, 2.05) is 29.2 Å². The van der Waals surface area contributed by atoms with Crippen molar-refractivity contribution in [1.29, 1.82) is 0 Å². The van der Waals surface area contributed by atoms with Gasteiger partial charge < -0.3 is 14.4 Å². The van der Waals surface area contributed by atoms with Crippen LogP contribution in [-0.2, 0) is 20.9 Å². The molecule has 0 N–H and O–H groups in total. The van der Waals surface area contributed by atoms with E-state index < -0.39 is 0 Å². The van der Waals surface area contributed by atoms with Crippen molar-refractivity contribution < 1.29 is 14.3 Å². The minimum absolute atomic E-state index is 0.0872. The average Bonchev–Trinajstić information content (AvgIpc) is 2.88. The van der Waals surface area contributed by atoms with Crippen molar-refractivity contribution in [2.45, 2.75) is 33.0 Å². The van der Waals surface area contributed by atoms with Gasteiger partial charge in [0.25, 0.3) is 5.91 Å². The number of benzene rings is 1. The van der Waals surface area contributed by atoms with Crippen LogP contribution >= 0.6 is 0 Å². The van der Waals surface area contributed by atoms with E-state index in [9.17, 15) is 4.79 Å². The van der Waals surface area contributed by atoms with Gasteiger partial charge >= 0.3 is 0 Å². The highest BCUT2D eigenvalue weighted by Crippen LogP contribution is 2.32. The molecule has 2 heterocycles. The van der Waals surface area contributed by atoms with Crippen molar-refractivity contribution in [1.82, 2.24) is 0 Å². The second-order valence-corrected chi connectivity index (χ2v) is 6.16. The van der Waals surface area contributed by atoms with Crippen LogP contribution < -0.4 is 4.90 Å². The Morgan fingerprint density at radius 3 is 2.90 bits per heavy atom. The summed E-state index contributed by atoms with van der Waals surface area (Å²) in [6.45, 7) is 6.75. The predicted octanol–water partition coefficient (Wildman–Crippen LogP) is 2.61. The molecule has 21 heavy (non-hydrogen) atoms. The number of carbonyl (C=O) groups excluding carboxylic acids is 1. The fraction of sp³-hybridized carbons (Fsp3) is 0.588. The zero-order chi connectivity index (χ0) is 14.8. The summed E-state index contributed by atoms with van der Waals surface area (Å²) < 4.78 is 11.4. The molecule has 2 aliphatic heterocycles. The van der Waals surface area contributed by atoms with Crippen LogP contribution in [0.4, 0.5) is 5.69 Å². The first-order chi connectivity index (χ1) is 10.2. The van der Waals surface area contributed by atoms with Crippen molar-refractivity contribution in [2.24, 2.45) is 11.8 Å². The van der Waals surface area contributed by atoms with Gasteiger partial charge in [-0.2, -0.15) is 0 Å². The van der Waals surface area contributed by atoms with E-state index in [1.165, 1.54) is 0 Å². The second-order valence-electron chi connectivity index (χ2n) is 6.16. The number of nitrogens with zero attached hydrogens (tertiary/aromatic N) is 1. The molecule has 0 radical (unpaired) electrons. The van der Waals surface area contributed by atoms with Crippen molar-refractivity contribution in [3.05, 3.63) is 29.8 Å². The van der Waals surface area contributed by atoms with Crippen LogP contribution in [-0.4, -0.2) is 31.8 Å². The SMILES string of the molecule is CC(C)[C@H]1CCO[C@H]1C(=O)N1CCOCc2ccccc21. The van der Waals surface area contributed by atoms with Gasteiger partial charge in [0.1, 0.15) is 6.10 Å². The van der Waals surface area contributed by atoms with Gasteiger partial charge in [0, 0.05) is 24.4 Å². The lowest BCUT2D eigenvalue weighted by atomic mass is 9.88. The summed E-state index contributed by atoms with van der Waals surface area (Å²) in [7, 11) is 0. The number of amides is 1. The number of hydrogen-bond acceptors (Lipinski definition) is 3. The van der Waals surface area contributed by atoms with Gasteiger partial charge in [-0.05, 0) is 24.3 Å². The Bertz CT molecular complexity index is 515. The molecule has 4 heteroatoms. The molecule has 4 nitrogen and oxygen atoms in total. The third-order valence-electron chi connectivity index (χ3n) is 4.50. The first-order valence-corrected chi connectivity index (χ1v) is 7.77. The molecule has 1 aromatic carbocycles. The van der Waals surface area contributed by atoms with Gasteiger partial charge in [-0.1, -0.05) is 32.0 Å². The van der Waals surface area contributed by atoms with Crippen LogP contribution in [0.25, 0.3) is 0 Å². The minimum Gasteiger partial charge on any atom is -0.375 e. The van der Waals surface area contributed by atoms with Crippen molar-refractivity contribution in [2.75, 3.05) is 24.7 Å². The standard InChI is InChI=1S/C17H23NO3/c1-12(2)14-7-9-21-16(14)17(19)18-8-10-20-11-13-5-3-4-6-15(13)18/h3-6,12,14,16H,7-11H2,1-2H3/t14-,16-/m1/s1. The van der Waals surface area contributed by atoms with E-state index in [4.69, 9.17) is 9.47 Å². The van der Waals surface area contributed by atoms with Gasteiger partial charge in [0.2, 0.25) is 0 Å². The minimum atomic E-state index is -0.309. The number of ether oxygens (including phenoxy) is 2. The molecule has 114 valence electrons. The lowest BCUT2D eigenvalue weighted by Crippen LogP contribution is -2.44. The van der Waals surface area contributed by atoms with Crippen LogP contribution in [0.2, 0.25) is 0 Å². The Morgan fingerprint density at radius 2 is 2.10 bits per heavy atom. The quantitative estimate of drug-likeness (QED) is 0.840. The van der Waals surface area contributed by atoms with E-state index in [1.54, 1.807) is 0 Å². The van der Waals surface area contributed by atoms with E-state index >= 15 is 0 Å². The van der Waals surface area contributed by atoms with E-state index in [2.05, 4.69) is 13.8 Å². The van der Waals surface area contributed by atoms with Crippen LogP contribution in [0.3, 0.4) is 0 Å². The van der Waals surface area contributed by atoms with Crippen LogP contribution in [0.5, 0.6) is 0 Å². The first-order valence-electron chi connectivity index (χ1n) is 7.77. The van der Waals surface area contributed by atoms with Crippen molar-refractivity contribution >= 4 is 11.6 Å². The number of rotatable bonds is 2. The Hall–Kier alpha value is -1.39. The van der Waals surface area contributed by atoms with Crippen LogP contribution in [0, 0.1) is 11.8 Å². The predicted molar refractivity (Wildman–Crippen MR) is 81.1 cm³/mol. The maximum Gasteiger partial charge on any atom is 0.256 e.